The number of nitrogens with zero attached hydrogens (tertiary/aromatic N) is 2. The standard InChI is InChI=1S/C19H18N4O2S/c1-12-6-8-14(9-7-12)23-11-13(10-17(23)24)20-18(25)22-19-21-15-4-2-3-5-16(15)26-19/h2-9,13H,10-11H2,1H3,(H2,20,21,22,25)/t13-/m1/s1. The molecule has 132 valence electrons. The number of aromatic nitrogens is 1. The zero-order valence-corrected chi connectivity index (χ0v) is 15.0. The van der Waals surface area contributed by atoms with Crippen molar-refractivity contribution in [2.45, 2.75) is 19.4 Å². The van der Waals surface area contributed by atoms with Gasteiger partial charge in [-0.25, -0.2) is 9.78 Å². The van der Waals surface area contributed by atoms with Crippen LogP contribution in [0, 0.1) is 6.92 Å². The van der Waals surface area contributed by atoms with Crippen LogP contribution >= 0.6 is 11.3 Å². The van der Waals surface area contributed by atoms with Gasteiger partial charge in [0.05, 0.1) is 16.3 Å². The molecule has 2 N–H and O–H groups in total. The van der Waals surface area contributed by atoms with Gasteiger partial charge in [-0.1, -0.05) is 41.2 Å². The highest BCUT2D eigenvalue weighted by Gasteiger charge is 2.31. The molecule has 1 aromatic heterocycles. The van der Waals surface area contributed by atoms with Crippen LogP contribution in [-0.2, 0) is 4.79 Å². The summed E-state index contributed by atoms with van der Waals surface area (Å²) in [7, 11) is 0. The molecule has 0 aliphatic carbocycles. The molecule has 6 nitrogen and oxygen atoms in total. The van der Waals surface area contributed by atoms with Crippen molar-refractivity contribution in [1.82, 2.24) is 10.3 Å². The minimum absolute atomic E-state index is 0.0131. The number of benzene rings is 2. The summed E-state index contributed by atoms with van der Waals surface area (Å²) in [6.45, 7) is 2.47. The number of amides is 3. The average Bonchev–Trinajstić information content (AvgIpc) is 3.18. The molecule has 0 radical (unpaired) electrons. The number of para-hydroxylation sites is 1. The first kappa shape index (κ1) is 16.5. The van der Waals surface area contributed by atoms with Crippen LogP contribution in [-0.4, -0.2) is 29.5 Å². The third-order valence-corrected chi connectivity index (χ3v) is 5.27. The van der Waals surface area contributed by atoms with Gasteiger partial charge in [0.15, 0.2) is 5.13 Å². The van der Waals surface area contributed by atoms with E-state index in [1.165, 1.54) is 11.3 Å². The highest BCUT2D eigenvalue weighted by Crippen LogP contribution is 2.25. The molecule has 26 heavy (non-hydrogen) atoms. The number of carbonyl (C=O) groups is 2. The minimum Gasteiger partial charge on any atom is -0.333 e. The van der Waals surface area contributed by atoms with Gasteiger partial charge in [0.25, 0.3) is 0 Å². The van der Waals surface area contributed by atoms with Crippen molar-refractivity contribution >= 4 is 44.3 Å². The molecule has 0 bridgehead atoms. The van der Waals surface area contributed by atoms with E-state index in [1.54, 1.807) is 4.90 Å². The van der Waals surface area contributed by atoms with Crippen molar-refractivity contribution in [3.8, 4) is 0 Å². The van der Waals surface area contributed by atoms with Gasteiger partial charge < -0.3 is 10.2 Å². The highest BCUT2D eigenvalue weighted by molar-refractivity contribution is 7.22. The first-order chi connectivity index (χ1) is 12.6. The van der Waals surface area contributed by atoms with E-state index in [0.717, 1.165) is 21.5 Å². The van der Waals surface area contributed by atoms with E-state index in [-0.39, 0.29) is 18.0 Å². The van der Waals surface area contributed by atoms with Gasteiger partial charge in [0.2, 0.25) is 5.91 Å². The van der Waals surface area contributed by atoms with E-state index >= 15 is 0 Å². The fourth-order valence-corrected chi connectivity index (χ4v) is 3.88. The molecule has 2 aromatic carbocycles. The summed E-state index contributed by atoms with van der Waals surface area (Å²) in [5.41, 5.74) is 2.86. The summed E-state index contributed by atoms with van der Waals surface area (Å²) in [5.74, 6) is 0.0131. The number of anilines is 2. The molecular weight excluding hydrogens is 348 g/mol. The number of fused-ring (bicyclic) bond motifs is 1. The van der Waals surface area contributed by atoms with Crippen LogP contribution < -0.4 is 15.5 Å². The Balaban J connectivity index is 1.38. The van der Waals surface area contributed by atoms with Crippen molar-refractivity contribution < 1.29 is 9.59 Å². The first-order valence-electron chi connectivity index (χ1n) is 8.38. The smallest absolute Gasteiger partial charge is 0.321 e. The van der Waals surface area contributed by atoms with Crippen LogP contribution in [0.1, 0.15) is 12.0 Å². The molecule has 1 aliphatic heterocycles. The summed E-state index contributed by atoms with van der Waals surface area (Å²) in [6, 6.07) is 15.0. The number of aryl methyl sites for hydroxylation is 1. The fourth-order valence-electron chi connectivity index (χ4n) is 3.02. The van der Waals surface area contributed by atoms with Crippen molar-refractivity contribution in [3.63, 3.8) is 0 Å². The predicted molar refractivity (Wildman–Crippen MR) is 104 cm³/mol. The van der Waals surface area contributed by atoms with E-state index in [2.05, 4.69) is 15.6 Å². The maximum atomic E-state index is 12.3. The minimum atomic E-state index is -0.340. The number of hydrogen-bond donors (Lipinski definition) is 2. The predicted octanol–water partition coefficient (Wildman–Crippen LogP) is 3.53. The normalized spacial score (nSPS) is 16.9. The molecule has 1 fully saturated rings. The molecule has 3 aromatic rings. The molecule has 1 saturated heterocycles. The van der Waals surface area contributed by atoms with Crippen molar-refractivity contribution in [1.29, 1.82) is 0 Å². The molecular formula is C19H18N4O2S. The van der Waals surface area contributed by atoms with Crippen LogP contribution in [0.25, 0.3) is 10.2 Å². The van der Waals surface area contributed by atoms with E-state index < -0.39 is 0 Å². The Morgan fingerprint density at radius 2 is 1.96 bits per heavy atom. The van der Waals surface area contributed by atoms with Gasteiger partial charge in [-0.15, -0.1) is 0 Å². The van der Waals surface area contributed by atoms with Gasteiger partial charge in [-0.3, -0.25) is 10.1 Å². The quantitative estimate of drug-likeness (QED) is 0.745. The maximum Gasteiger partial charge on any atom is 0.321 e. The fraction of sp³-hybridized carbons (Fsp3) is 0.211. The Kier molecular flexibility index (Phi) is 4.30. The van der Waals surface area contributed by atoms with E-state index in [9.17, 15) is 9.59 Å². The molecule has 2 heterocycles. The average molecular weight is 366 g/mol. The summed E-state index contributed by atoms with van der Waals surface area (Å²) >= 11 is 1.42. The lowest BCUT2D eigenvalue weighted by atomic mass is 10.2. The summed E-state index contributed by atoms with van der Waals surface area (Å²) < 4.78 is 1.02. The molecule has 0 saturated carbocycles. The Morgan fingerprint density at radius 3 is 2.73 bits per heavy atom. The summed E-state index contributed by atoms with van der Waals surface area (Å²) in [4.78, 5) is 30.6. The number of thiazole rings is 1. The maximum absolute atomic E-state index is 12.3. The van der Waals surface area contributed by atoms with Crippen molar-refractivity contribution in [3.05, 3.63) is 54.1 Å². The monoisotopic (exact) mass is 366 g/mol. The first-order valence-corrected chi connectivity index (χ1v) is 9.20. The SMILES string of the molecule is Cc1ccc(N2C[C@H](NC(=O)Nc3nc4ccccc4s3)CC2=O)cc1. The number of nitrogens with one attached hydrogen (secondary N) is 2. The molecule has 0 spiro atoms. The molecule has 3 amide bonds. The van der Waals surface area contributed by atoms with Crippen molar-refractivity contribution in [2.75, 3.05) is 16.8 Å². The molecule has 4 rings (SSSR count). The second-order valence-corrected chi connectivity index (χ2v) is 7.36. The summed E-state index contributed by atoms with van der Waals surface area (Å²) in [5, 5.41) is 6.17. The lowest BCUT2D eigenvalue weighted by Crippen LogP contribution is -2.39. The number of hydrogen-bond acceptors (Lipinski definition) is 4. The zero-order chi connectivity index (χ0) is 18.1. The zero-order valence-electron chi connectivity index (χ0n) is 14.2. The van der Waals surface area contributed by atoms with Gasteiger partial charge in [-0.05, 0) is 31.2 Å². The second-order valence-electron chi connectivity index (χ2n) is 6.33. The molecule has 1 aliphatic rings. The summed E-state index contributed by atoms with van der Waals surface area (Å²) in [6.07, 6.45) is 0.293. The number of carbonyl (C=O) groups excluding carboxylic acids is 2. The van der Waals surface area contributed by atoms with Gasteiger partial charge in [-0.2, -0.15) is 0 Å². The van der Waals surface area contributed by atoms with E-state index in [1.807, 2.05) is 55.5 Å². The Labute approximate surface area is 154 Å². The Hall–Kier alpha value is -2.93. The van der Waals surface area contributed by atoms with Gasteiger partial charge >= 0.3 is 6.03 Å². The number of urea groups is 1. The van der Waals surface area contributed by atoms with E-state index in [4.69, 9.17) is 0 Å². The Bertz CT molecular complexity index is 934. The molecule has 0 unspecified atom stereocenters. The Morgan fingerprint density at radius 1 is 1.19 bits per heavy atom. The largest absolute Gasteiger partial charge is 0.333 e. The molecule has 1 atom stereocenters. The van der Waals surface area contributed by atoms with Crippen LogP contribution in [0.5, 0.6) is 0 Å². The van der Waals surface area contributed by atoms with Gasteiger partial charge in [0, 0.05) is 18.7 Å². The topological polar surface area (TPSA) is 74.3 Å². The highest BCUT2D eigenvalue weighted by atomic mass is 32.1. The number of rotatable bonds is 3. The lowest BCUT2D eigenvalue weighted by Gasteiger charge is -2.17. The van der Waals surface area contributed by atoms with E-state index in [0.29, 0.717) is 18.1 Å². The third-order valence-electron chi connectivity index (χ3n) is 4.32. The van der Waals surface area contributed by atoms with Crippen LogP contribution in [0.15, 0.2) is 48.5 Å². The lowest BCUT2D eigenvalue weighted by molar-refractivity contribution is -0.117. The van der Waals surface area contributed by atoms with Crippen molar-refractivity contribution in [2.24, 2.45) is 0 Å². The molecule has 7 heteroatoms. The van der Waals surface area contributed by atoms with Crippen LogP contribution in [0.2, 0.25) is 0 Å². The second kappa shape index (κ2) is 6.76. The van der Waals surface area contributed by atoms with Crippen LogP contribution in [0.3, 0.4) is 0 Å². The third kappa shape index (κ3) is 3.39. The van der Waals surface area contributed by atoms with Crippen LogP contribution in [0.4, 0.5) is 15.6 Å². The van der Waals surface area contributed by atoms with Gasteiger partial charge in [0.1, 0.15) is 0 Å².